The van der Waals surface area contributed by atoms with Gasteiger partial charge in [0.1, 0.15) is 0 Å². The van der Waals surface area contributed by atoms with E-state index in [1.54, 1.807) is 0 Å². The van der Waals surface area contributed by atoms with E-state index in [1.165, 1.54) is 0 Å². The van der Waals surface area contributed by atoms with Crippen LogP contribution in [0, 0.1) is 12.8 Å². The highest BCUT2D eigenvalue weighted by Crippen LogP contribution is 2.26. The van der Waals surface area contributed by atoms with Crippen LogP contribution < -0.4 is 5.32 Å². The molecule has 0 aromatic carbocycles. The Kier molecular flexibility index (Phi) is 2.73. The maximum absolute atomic E-state index is 10.8. The average Bonchev–Trinajstić information content (AvgIpc) is 2.65. The number of aliphatic carboxylic acids is 1. The van der Waals surface area contributed by atoms with E-state index in [-0.39, 0.29) is 12.0 Å². The molecule has 2 rings (SSSR count). The lowest BCUT2D eigenvalue weighted by Crippen LogP contribution is -2.36. The first-order valence-electron chi connectivity index (χ1n) is 5.14. The molecule has 1 fully saturated rings. The van der Waals surface area contributed by atoms with Gasteiger partial charge in [-0.05, 0) is 19.8 Å². The highest BCUT2D eigenvalue weighted by molar-refractivity contribution is 5.70. The van der Waals surface area contributed by atoms with Crippen molar-refractivity contribution in [2.24, 2.45) is 5.92 Å². The van der Waals surface area contributed by atoms with E-state index in [0.717, 1.165) is 24.1 Å². The lowest BCUT2D eigenvalue weighted by molar-refractivity contribution is -0.142. The molecule has 2 heterocycles. The third-order valence-electron chi connectivity index (χ3n) is 3.01. The molecule has 5 heteroatoms. The molecule has 0 radical (unpaired) electrons. The van der Waals surface area contributed by atoms with Gasteiger partial charge in [-0.2, -0.15) is 5.10 Å². The van der Waals surface area contributed by atoms with E-state index in [1.807, 2.05) is 13.1 Å². The number of hydrogen-bond acceptors (Lipinski definition) is 3. The Morgan fingerprint density at radius 2 is 2.40 bits per heavy atom. The number of carboxylic acid groups (broad SMARTS) is 1. The SMILES string of the molecule is Cc1[nH]ncc1C1CCC(C(=O)O)CN1. The smallest absolute Gasteiger partial charge is 0.307 e. The number of nitrogens with zero attached hydrogens (tertiary/aromatic N) is 1. The molecule has 1 aromatic rings. The van der Waals surface area contributed by atoms with Crippen LogP contribution in [0.15, 0.2) is 6.20 Å². The number of aryl methyl sites for hydroxylation is 1. The summed E-state index contributed by atoms with van der Waals surface area (Å²) >= 11 is 0. The second-order valence-electron chi connectivity index (χ2n) is 4.02. The molecule has 0 saturated carbocycles. The van der Waals surface area contributed by atoms with Crippen LogP contribution in [-0.2, 0) is 4.79 Å². The molecule has 2 unspecified atom stereocenters. The number of nitrogens with one attached hydrogen (secondary N) is 2. The van der Waals surface area contributed by atoms with Gasteiger partial charge in [0.15, 0.2) is 0 Å². The molecule has 15 heavy (non-hydrogen) atoms. The van der Waals surface area contributed by atoms with Crippen molar-refractivity contribution in [3.63, 3.8) is 0 Å². The minimum Gasteiger partial charge on any atom is -0.481 e. The quantitative estimate of drug-likeness (QED) is 0.674. The number of carboxylic acids is 1. The van der Waals surface area contributed by atoms with Crippen molar-refractivity contribution in [1.82, 2.24) is 15.5 Å². The van der Waals surface area contributed by atoms with Crippen molar-refractivity contribution < 1.29 is 9.90 Å². The fraction of sp³-hybridized carbons (Fsp3) is 0.600. The molecule has 1 aliphatic rings. The molecule has 2 atom stereocenters. The van der Waals surface area contributed by atoms with Crippen molar-refractivity contribution in [1.29, 1.82) is 0 Å². The summed E-state index contributed by atoms with van der Waals surface area (Å²) in [6.07, 6.45) is 3.41. The standard InChI is InChI=1S/C10H15N3O2/c1-6-8(5-12-13-6)9-3-2-7(4-11-9)10(14)15/h5,7,9,11H,2-4H2,1H3,(H,12,13)(H,14,15). The normalized spacial score (nSPS) is 26.5. The summed E-state index contributed by atoms with van der Waals surface area (Å²) < 4.78 is 0. The second-order valence-corrected chi connectivity index (χ2v) is 4.02. The molecule has 0 amide bonds. The largest absolute Gasteiger partial charge is 0.481 e. The number of aromatic amines is 1. The predicted octanol–water partition coefficient (Wildman–Crippen LogP) is 0.843. The van der Waals surface area contributed by atoms with Gasteiger partial charge in [-0.15, -0.1) is 0 Å². The highest BCUT2D eigenvalue weighted by atomic mass is 16.4. The van der Waals surface area contributed by atoms with E-state index >= 15 is 0 Å². The third kappa shape index (κ3) is 2.02. The zero-order valence-corrected chi connectivity index (χ0v) is 8.66. The van der Waals surface area contributed by atoms with E-state index < -0.39 is 5.97 Å². The average molecular weight is 209 g/mol. The first kappa shape index (κ1) is 10.2. The molecular weight excluding hydrogens is 194 g/mol. The summed E-state index contributed by atoms with van der Waals surface area (Å²) in [6, 6.07) is 0.249. The van der Waals surface area contributed by atoms with Gasteiger partial charge in [-0.25, -0.2) is 0 Å². The van der Waals surface area contributed by atoms with Crippen molar-refractivity contribution in [3.05, 3.63) is 17.5 Å². The fourth-order valence-corrected chi connectivity index (χ4v) is 2.04. The van der Waals surface area contributed by atoms with Crippen LogP contribution in [0.2, 0.25) is 0 Å². The fourth-order valence-electron chi connectivity index (χ4n) is 2.04. The van der Waals surface area contributed by atoms with Gasteiger partial charge in [0.05, 0.1) is 12.1 Å². The maximum Gasteiger partial charge on any atom is 0.307 e. The van der Waals surface area contributed by atoms with E-state index in [0.29, 0.717) is 6.54 Å². The van der Waals surface area contributed by atoms with Crippen LogP contribution in [0.25, 0.3) is 0 Å². The molecule has 1 saturated heterocycles. The molecule has 1 aromatic heterocycles. The Balaban J connectivity index is 2.00. The zero-order valence-electron chi connectivity index (χ0n) is 8.66. The van der Waals surface area contributed by atoms with E-state index in [9.17, 15) is 4.79 Å². The van der Waals surface area contributed by atoms with Crippen LogP contribution in [0.1, 0.15) is 30.1 Å². The number of aromatic nitrogens is 2. The van der Waals surface area contributed by atoms with Crippen molar-refractivity contribution >= 4 is 5.97 Å². The van der Waals surface area contributed by atoms with Gasteiger partial charge in [-0.3, -0.25) is 9.89 Å². The number of piperidine rings is 1. The van der Waals surface area contributed by atoms with Crippen LogP contribution in [0.4, 0.5) is 0 Å². The van der Waals surface area contributed by atoms with Crippen LogP contribution in [-0.4, -0.2) is 27.8 Å². The van der Waals surface area contributed by atoms with Gasteiger partial charge in [-0.1, -0.05) is 0 Å². The van der Waals surface area contributed by atoms with Gasteiger partial charge in [0, 0.05) is 23.8 Å². The van der Waals surface area contributed by atoms with E-state index in [2.05, 4.69) is 15.5 Å². The summed E-state index contributed by atoms with van der Waals surface area (Å²) in [5.74, 6) is -0.946. The van der Waals surface area contributed by atoms with Crippen molar-refractivity contribution in [2.45, 2.75) is 25.8 Å². The lowest BCUT2D eigenvalue weighted by Gasteiger charge is -2.27. The van der Waals surface area contributed by atoms with Crippen LogP contribution in [0.5, 0.6) is 0 Å². The summed E-state index contributed by atoms with van der Waals surface area (Å²) in [4.78, 5) is 10.8. The minimum absolute atomic E-state index is 0.242. The predicted molar refractivity (Wildman–Crippen MR) is 54.4 cm³/mol. The first-order chi connectivity index (χ1) is 7.18. The summed E-state index contributed by atoms with van der Waals surface area (Å²) in [6.45, 7) is 2.53. The first-order valence-corrected chi connectivity index (χ1v) is 5.14. The topological polar surface area (TPSA) is 78.0 Å². The molecule has 0 aliphatic carbocycles. The number of carbonyl (C=O) groups is 1. The number of hydrogen-bond donors (Lipinski definition) is 3. The Morgan fingerprint density at radius 1 is 1.60 bits per heavy atom. The van der Waals surface area contributed by atoms with Crippen molar-refractivity contribution in [3.8, 4) is 0 Å². The molecule has 1 aliphatic heterocycles. The van der Waals surface area contributed by atoms with E-state index in [4.69, 9.17) is 5.11 Å². The number of H-pyrrole nitrogens is 1. The molecular formula is C10H15N3O2. The summed E-state index contributed by atoms with van der Waals surface area (Å²) in [7, 11) is 0. The Labute approximate surface area is 87.9 Å². The van der Waals surface area contributed by atoms with Gasteiger partial charge < -0.3 is 10.4 Å². The molecule has 0 spiro atoms. The van der Waals surface area contributed by atoms with Crippen molar-refractivity contribution in [2.75, 3.05) is 6.54 Å². The van der Waals surface area contributed by atoms with Crippen LogP contribution in [0.3, 0.4) is 0 Å². The Morgan fingerprint density at radius 3 is 2.87 bits per heavy atom. The van der Waals surface area contributed by atoms with Gasteiger partial charge in [0.2, 0.25) is 0 Å². The highest BCUT2D eigenvalue weighted by Gasteiger charge is 2.27. The minimum atomic E-state index is -0.704. The zero-order chi connectivity index (χ0) is 10.8. The third-order valence-corrected chi connectivity index (χ3v) is 3.01. The van der Waals surface area contributed by atoms with Gasteiger partial charge in [0.25, 0.3) is 0 Å². The number of rotatable bonds is 2. The molecule has 82 valence electrons. The Bertz CT molecular complexity index is 353. The molecule has 3 N–H and O–H groups in total. The molecule has 0 bridgehead atoms. The molecule has 5 nitrogen and oxygen atoms in total. The summed E-state index contributed by atoms with van der Waals surface area (Å²) in [5.41, 5.74) is 2.21. The monoisotopic (exact) mass is 209 g/mol. The second kappa shape index (κ2) is 4.02. The lowest BCUT2D eigenvalue weighted by atomic mass is 9.91. The Hall–Kier alpha value is -1.36. The van der Waals surface area contributed by atoms with Gasteiger partial charge >= 0.3 is 5.97 Å². The van der Waals surface area contributed by atoms with Crippen LogP contribution >= 0.6 is 0 Å². The summed E-state index contributed by atoms with van der Waals surface area (Å²) in [5, 5.41) is 19.0. The maximum atomic E-state index is 10.8.